The number of rotatable bonds is 7. The Hall–Kier alpha value is -0.770. The molecule has 0 amide bonds. The van der Waals surface area contributed by atoms with E-state index in [9.17, 15) is 0 Å². The molecule has 15 heavy (non-hydrogen) atoms. The Bertz CT molecular complexity index is 281. The summed E-state index contributed by atoms with van der Waals surface area (Å²) in [4.78, 5) is 0. The van der Waals surface area contributed by atoms with E-state index in [-0.39, 0.29) is 0 Å². The van der Waals surface area contributed by atoms with E-state index in [4.69, 9.17) is 21.1 Å². The van der Waals surface area contributed by atoms with Gasteiger partial charge >= 0.3 is 0 Å². The largest absolute Gasteiger partial charge is 0.488 e. The minimum absolute atomic E-state index is 0.685. The van der Waals surface area contributed by atoms with Gasteiger partial charge in [0.05, 0.1) is 13.2 Å². The van der Waals surface area contributed by atoms with Crippen molar-refractivity contribution >= 4 is 11.6 Å². The van der Waals surface area contributed by atoms with Crippen LogP contribution in [-0.2, 0) is 4.74 Å². The van der Waals surface area contributed by atoms with Crippen LogP contribution in [0.4, 0.5) is 0 Å². The minimum Gasteiger partial charge on any atom is -0.488 e. The molecular weight excluding hydrogens is 214 g/mol. The quantitative estimate of drug-likeness (QED) is 0.708. The maximum Gasteiger partial charge on any atom is 0.137 e. The molecule has 0 saturated carbocycles. The third-order valence-electron chi connectivity index (χ3n) is 1.91. The minimum atomic E-state index is 0.685. The van der Waals surface area contributed by atoms with E-state index in [0.717, 1.165) is 25.4 Å². The van der Waals surface area contributed by atoms with E-state index in [1.807, 2.05) is 24.3 Å². The molecule has 1 rings (SSSR count). The Morgan fingerprint density at radius 3 is 2.80 bits per heavy atom. The Labute approximate surface area is 95.3 Å². The summed E-state index contributed by atoms with van der Waals surface area (Å²) >= 11 is 5.82. The summed E-state index contributed by atoms with van der Waals surface area (Å²) < 4.78 is 10.4. The van der Waals surface area contributed by atoms with Crippen LogP contribution in [0.15, 0.2) is 24.3 Å². The van der Waals surface area contributed by atoms with Crippen LogP contribution >= 0.6 is 11.6 Å². The van der Waals surface area contributed by atoms with E-state index in [1.54, 1.807) is 7.11 Å². The molecule has 0 aliphatic rings. The summed E-state index contributed by atoms with van der Waals surface area (Å²) in [6.45, 7) is 3.35. The van der Waals surface area contributed by atoms with Gasteiger partial charge in [0.1, 0.15) is 18.9 Å². The van der Waals surface area contributed by atoms with Gasteiger partial charge in [-0.2, -0.15) is 0 Å². The van der Waals surface area contributed by atoms with Crippen molar-refractivity contribution in [3.8, 4) is 5.75 Å². The monoisotopic (exact) mass is 230 g/mol. The van der Waals surface area contributed by atoms with Gasteiger partial charge < -0.3 is 14.8 Å². The van der Waals surface area contributed by atoms with Crippen LogP contribution in [0, 0.1) is 0 Å². The highest BCUT2D eigenvalue weighted by molar-refractivity contribution is 6.30. The summed E-state index contributed by atoms with van der Waals surface area (Å²) in [5.41, 5.74) is 0. The number of hydrogen-bond donors (Lipinski definition) is 1. The van der Waals surface area contributed by atoms with E-state index >= 15 is 0 Å². The van der Waals surface area contributed by atoms with Gasteiger partial charge in [0.2, 0.25) is 0 Å². The molecule has 0 fully saturated rings. The second-order valence-electron chi connectivity index (χ2n) is 3.16. The van der Waals surface area contributed by atoms with Crippen molar-refractivity contribution in [2.45, 2.75) is 0 Å². The smallest absolute Gasteiger partial charge is 0.137 e. The standard InChI is InChI=1S/C11H16ClNO2/c1-14-7-5-13-6-8-15-11-4-2-3-10(12)9-11/h2-4,9,13H,5-8H2,1H3/p+1. The fraction of sp³-hybridized carbons (Fsp3) is 0.455. The maximum absolute atomic E-state index is 5.82. The first-order chi connectivity index (χ1) is 7.33. The molecule has 84 valence electrons. The molecule has 1 aromatic carbocycles. The van der Waals surface area contributed by atoms with Crippen LogP contribution in [0.3, 0.4) is 0 Å². The molecule has 0 aromatic heterocycles. The van der Waals surface area contributed by atoms with Crippen molar-refractivity contribution in [1.82, 2.24) is 0 Å². The zero-order valence-electron chi connectivity index (χ0n) is 8.91. The lowest BCUT2D eigenvalue weighted by atomic mass is 10.3. The third kappa shape index (κ3) is 5.62. The highest BCUT2D eigenvalue weighted by Crippen LogP contribution is 2.16. The molecular formula is C11H17ClNO2+. The lowest BCUT2D eigenvalue weighted by molar-refractivity contribution is -0.656. The molecule has 2 N–H and O–H groups in total. The molecule has 0 aliphatic carbocycles. The molecule has 0 radical (unpaired) electrons. The molecule has 0 bridgehead atoms. The topological polar surface area (TPSA) is 35.1 Å². The van der Waals surface area contributed by atoms with Crippen LogP contribution in [0.2, 0.25) is 5.02 Å². The predicted molar refractivity (Wildman–Crippen MR) is 60.5 cm³/mol. The normalized spacial score (nSPS) is 10.3. The van der Waals surface area contributed by atoms with Gasteiger partial charge in [0.15, 0.2) is 0 Å². The van der Waals surface area contributed by atoms with Crippen LogP contribution < -0.4 is 10.1 Å². The highest BCUT2D eigenvalue weighted by Gasteiger charge is 1.95. The summed E-state index contributed by atoms with van der Waals surface area (Å²) in [5.74, 6) is 0.822. The van der Waals surface area contributed by atoms with Crippen LogP contribution in [0.25, 0.3) is 0 Å². The fourth-order valence-corrected chi connectivity index (χ4v) is 1.34. The van der Waals surface area contributed by atoms with Crippen LogP contribution in [0.5, 0.6) is 5.75 Å². The SMILES string of the molecule is COCC[NH2+]CCOc1cccc(Cl)c1. The number of methoxy groups -OCH3 is 1. The van der Waals surface area contributed by atoms with E-state index in [2.05, 4.69) is 5.32 Å². The number of hydrogen-bond acceptors (Lipinski definition) is 2. The first-order valence-electron chi connectivity index (χ1n) is 5.02. The first kappa shape index (κ1) is 12.3. The number of nitrogens with two attached hydrogens (primary N) is 1. The summed E-state index contributed by atoms with van der Waals surface area (Å²) in [5, 5.41) is 2.87. The van der Waals surface area contributed by atoms with E-state index < -0.39 is 0 Å². The predicted octanol–water partition coefficient (Wildman–Crippen LogP) is 0.929. The van der Waals surface area contributed by atoms with Gasteiger partial charge in [0, 0.05) is 12.1 Å². The Morgan fingerprint density at radius 1 is 1.27 bits per heavy atom. The van der Waals surface area contributed by atoms with Gasteiger partial charge in [-0.1, -0.05) is 17.7 Å². The zero-order valence-corrected chi connectivity index (χ0v) is 9.67. The number of quaternary nitrogens is 1. The van der Waals surface area contributed by atoms with E-state index in [1.165, 1.54) is 0 Å². The number of ether oxygens (including phenoxy) is 2. The molecule has 1 aromatic rings. The second kappa shape index (κ2) is 7.51. The Balaban J connectivity index is 2.10. The molecule has 4 heteroatoms. The molecule has 0 atom stereocenters. The van der Waals surface area contributed by atoms with Gasteiger partial charge in [0.25, 0.3) is 0 Å². The van der Waals surface area contributed by atoms with Crippen LogP contribution in [0.1, 0.15) is 0 Å². The molecule has 0 unspecified atom stereocenters. The highest BCUT2D eigenvalue weighted by atomic mass is 35.5. The lowest BCUT2D eigenvalue weighted by Gasteiger charge is -2.05. The van der Waals surface area contributed by atoms with Crippen LogP contribution in [-0.4, -0.2) is 33.4 Å². The van der Waals surface area contributed by atoms with Gasteiger partial charge in [-0.25, -0.2) is 0 Å². The molecule has 0 aliphatic heterocycles. The first-order valence-corrected chi connectivity index (χ1v) is 5.39. The molecule has 0 spiro atoms. The molecule has 0 saturated heterocycles. The van der Waals surface area contributed by atoms with Crippen molar-refractivity contribution in [3.63, 3.8) is 0 Å². The molecule has 0 heterocycles. The van der Waals surface area contributed by atoms with Crippen molar-refractivity contribution in [2.75, 3.05) is 33.4 Å². The third-order valence-corrected chi connectivity index (χ3v) is 2.15. The summed E-state index contributed by atoms with van der Waals surface area (Å²) in [6.07, 6.45) is 0. The Morgan fingerprint density at radius 2 is 2.07 bits per heavy atom. The fourth-order valence-electron chi connectivity index (χ4n) is 1.16. The molecule has 3 nitrogen and oxygen atoms in total. The van der Waals surface area contributed by atoms with Gasteiger partial charge in [-0.3, -0.25) is 0 Å². The second-order valence-corrected chi connectivity index (χ2v) is 3.60. The zero-order chi connectivity index (χ0) is 10.9. The van der Waals surface area contributed by atoms with Crippen molar-refractivity contribution in [3.05, 3.63) is 29.3 Å². The van der Waals surface area contributed by atoms with Gasteiger partial charge in [-0.15, -0.1) is 0 Å². The number of halogens is 1. The van der Waals surface area contributed by atoms with Crippen molar-refractivity contribution in [1.29, 1.82) is 0 Å². The summed E-state index contributed by atoms with van der Waals surface area (Å²) in [6, 6.07) is 7.43. The van der Waals surface area contributed by atoms with Crippen molar-refractivity contribution in [2.24, 2.45) is 0 Å². The average Bonchev–Trinajstić information content (AvgIpc) is 2.23. The lowest BCUT2D eigenvalue weighted by Crippen LogP contribution is -2.86. The summed E-state index contributed by atoms with van der Waals surface area (Å²) in [7, 11) is 1.70. The number of benzene rings is 1. The van der Waals surface area contributed by atoms with Crippen molar-refractivity contribution < 1.29 is 14.8 Å². The average molecular weight is 231 g/mol. The Kier molecular flexibility index (Phi) is 6.16. The van der Waals surface area contributed by atoms with Gasteiger partial charge in [-0.05, 0) is 18.2 Å². The maximum atomic E-state index is 5.82. The van der Waals surface area contributed by atoms with E-state index in [0.29, 0.717) is 11.6 Å².